The van der Waals surface area contributed by atoms with E-state index in [-0.39, 0.29) is 11.5 Å². The summed E-state index contributed by atoms with van der Waals surface area (Å²) < 4.78 is 6.20. The van der Waals surface area contributed by atoms with Crippen LogP contribution in [0.4, 0.5) is 0 Å². The molecule has 1 aromatic heterocycles. The van der Waals surface area contributed by atoms with Gasteiger partial charge in [-0.1, -0.05) is 6.07 Å². The first-order chi connectivity index (χ1) is 11.7. The molecule has 5 heteroatoms. The summed E-state index contributed by atoms with van der Waals surface area (Å²) >= 11 is 1.66. The fourth-order valence-electron chi connectivity index (χ4n) is 4.38. The van der Waals surface area contributed by atoms with Crippen molar-refractivity contribution in [1.82, 2.24) is 9.80 Å². The van der Waals surface area contributed by atoms with E-state index in [4.69, 9.17) is 4.74 Å². The Kier molecular flexibility index (Phi) is 4.74. The molecule has 0 radical (unpaired) electrons. The topological polar surface area (TPSA) is 32.8 Å². The highest BCUT2D eigenvalue weighted by molar-refractivity contribution is 7.10. The Morgan fingerprint density at radius 1 is 1.33 bits per heavy atom. The van der Waals surface area contributed by atoms with Crippen LogP contribution in [0.2, 0.25) is 0 Å². The Labute approximate surface area is 148 Å². The van der Waals surface area contributed by atoms with Crippen molar-refractivity contribution < 1.29 is 9.53 Å². The molecule has 4 nitrogen and oxygen atoms in total. The van der Waals surface area contributed by atoms with Crippen molar-refractivity contribution in [3.8, 4) is 0 Å². The number of ether oxygens (including phenoxy) is 1. The third-order valence-corrected chi connectivity index (χ3v) is 6.52. The second-order valence-corrected chi connectivity index (χ2v) is 8.26. The summed E-state index contributed by atoms with van der Waals surface area (Å²) in [6, 6.07) is 4.69. The lowest BCUT2D eigenvalue weighted by atomic mass is 9.89. The maximum absolute atomic E-state index is 12.5. The number of amides is 1. The van der Waals surface area contributed by atoms with Crippen molar-refractivity contribution in [3.05, 3.63) is 28.5 Å². The molecular formula is C19H26N2O2S. The molecule has 3 fully saturated rings. The van der Waals surface area contributed by atoms with Crippen molar-refractivity contribution in [2.24, 2.45) is 0 Å². The second kappa shape index (κ2) is 6.98. The van der Waals surface area contributed by atoms with Crippen LogP contribution in [-0.4, -0.2) is 60.1 Å². The summed E-state index contributed by atoms with van der Waals surface area (Å²) in [6.07, 6.45) is 9.53. The van der Waals surface area contributed by atoms with Crippen LogP contribution in [0.3, 0.4) is 0 Å². The first kappa shape index (κ1) is 16.3. The molecular weight excluding hydrogens is 320 g/mol. The van der Waals surface area contributed by atoms with Gasteiger partial charge in [0.05, 0.1) is 12.1 Å². The van der Waals surface area contributed by atoms with Crippen molar-refractivity contribution in [2.75, 3.05) is 32.8 Å². The number of thiophene rings is 1. The molecule has 0 unspecified atom stereocenters. The predicted octanol–water partition coefficient (Wildman–Crippen LogP) is 3.01. The molecule has 4 heterocycles. The molecule has 1 amide bonds. The van der Waals surface area contributed by atoms with Gasteiger partial charge in [0.25, 0.3) is 0 Å². The van der Waals surface area contributed by atoms with Gasteiger partial charge >= 0.3 is 0 Å². The van der Waals surface area contributed by atoms with Crippen LogP contribution in [0.15, 0.2) is 23.6 Å². The molecule has 0 aliphatic carbocycles. The summed E-state index contributed by atoms with van der Waals surface area (Å²) in [5, 5.41) is 2.03. The number of rotatable bonds is 3. The molecule has 2 atom stereocenters. The van der Waals surface area contributed by atoms with E-state index in [1.165, 1.54) is 25.9 Å². The Balaban J connectivity index is 1.37. The van der Waals surface area contributed by atoms with E-state index in [1.807, 2.05) is 28.5 Å². The van der Waals surface area contributed by atoms with Gasteiger partial charge in [-0.25, -0.2) is 0 Å². The van der Waals surface area contributed by atoms with E-state index in [0.29, 0.717) is 6.04 Å². The molecule has 24 heavy (non-hydrogen) atoms. The van der Waals surface area contributed by atoms with Crippen molar-refractivity contribution in [3.63, 3.8) is 0 Å². The predicted molar refractivity (Wildman–Crippen MR) is 97.1 cm³/mol. The van der Waals surface area contributed by atoms with Crippen LogP contribution in [0, 0.1) is 0 Å². The van der Waals surface area contributed by atoms with Crippen LogP contribution in [0.25, 0.3) is 6.08 Å². The summed E-state index contributed by atoms with van der Waals surface area (Å²) in [4.78, 5) is 18.2. The summed E-state index contributed by atoms with van der Waals surface area (Å²) in [5.41, 5.74) is -0.0993. The van der Waals surface area contributed by atoms with Gasteiger partial charge in [0.15, 0.2) is 0 Å². The fraction of sp³-hybridized carbons (Fsp3) is 0.632. The number of nitrogens with zero attached hydrogens (tertiary/aromatic N) is 2. The van der Waals surface area contributed by atoms with E-state index in [9.17, 15) is 4.79 Å². The molecule has 3 saturated heterocycles. The lowest BCUT2D eigenvalue weighted by Gasteiger charge is -2.41. The molecule has 0 aromatic carbocycles. The van der Waals surface area contributed by atoms with Crippen LogP contribution in [0.1, 0.15) is 37.0 Å². The van der Waals surface area contributed by atoms with E-state index in [2.05, 4.69) is 4.90 Å². The van der Waals surface area contributed by atoms with Gasteiger partial charge in [-0.3, -0.25) is 4.79 Å². The average Bonchev–Trinajstić information content (AvgIpc) is 3.35. The molecule has 130 valence electrons. The van der Waals surface area contributed by atoms with Crippen LogP contribution >= 0.6 is 11.3 Å². The highest BCUT2D eigenvalue weighted by atomic mass is 32.1. The van der Waals surface area contributed by atoms with E-state index < -0.39 is 0 Å². The van der Waals surface area contributed by atoms with E-state index >= 15 is 0 Å². The number of hydrogen-bond acceptors (Lipinski definition) is 4. The van der Waals surface area contributed by atoms with E-state index in [1.54, 1.807) is 17.4 Å². The molecule has 0 bridgehead atoms. The summed E-state index contributed by atoms with van der Waals surface area (Å²) in [7, 11) is 0. The lowest BCUT2D eigenvalue weighted by Crippen LogP contribution is -2.49. The Bertz CT molecular complexity index is 595. The molecule has 1 spiro atoms. The minimum Gasteiger partial charge on any atom is -0.373 e. The van der Waals surface area contributed by atoms with Gasteiger partial charge in [-0.15, -0.1) is 11.3 Å². The molecule has 0 saturated carbocycles. The maximum Gasteiger partial charge on any atom is 0.246 e. The molecule has 4 rings (SSSR count). The van der Waals surface area contributed by atoms with Crippen molar-refractivity contribution in [1.29, 1.82) is 0 Å². The van der Waals surface area contributed by atoms with Crippen molar-refractivity contribution in [2.45, 2.75) is 43.7 Å². The largest absolute Gasteiger partial charge is 0.373 e. The third kappa shape index (κ3) is 3.44. The van der Waals surface area contributed by atoms with Gasteiger partial charge < -0.3 is 14.5 Å². The summed E-state index contributed by atoms with van der Waals surface area (Å²) in [6.45, 7) is 4.90. The normalized spacial score (nSPS) is 31.5. The second-order valence-electron chi connectivity index (χ2n) is 7.28. The van der Waals surface area contributed by atoms with Gasteiger partial charge in [0, 0.05) is 30.1 Å². The van der Waals surface area contributed by atoms with Crippen LogP contribution < -0.4 is 0 Å². The number of carbonyl (C=O) groups excluding carboxylic acids is 1. The number of carbonyl (C=O) groups is 1. The highest BCUT2D eigenvalue weighted by Crippen LogP contribution is 2.37. The average molecular weight is 346 g/mol. The Morgan fingerprint density at radius 2 is 2.21 bits per heavy atom. The molecule has 3 aliphatic rings. The van der Waals surface area contributed by atoms with Gasteiger partial charge in [0.2, 0.25) is 5.91 Å². The zero-order valence-electron chi connectivity index (χ0n) is 14.2. The molecule has 0 N–H and O–H groups in total. The van der Waals surface area contributed by atoms with Crippen LogP contribution in [0.5, 0.6) is 0 Å². The van der Waals surface area contributed by atoms with Crippen LogP contribution in [-0.2, 0) is 9.53 Å². The molecule has 1 aromatic rings. The standard InChI is InChI=1S/C19H26N2O2S/c22-18(6-5-17-4-3-13-24-17)21-11-8-19(15-21)14-16(7-12-23-19)20-9-1-2-10-20/h3-6,13,16H,1-2,7-12,14-15H2/b6-5+/t16-,19-/m1/s1. The zero-order chi connectivity index (χ0) is 16.4. The monoisotopic (exact) mass is 346 g/mol. The minimum atomic E-state index is -0.0993. The summed E-state index contributed by atoms with van der Waals surface area (Å²) in [5.74, 6) is 0.118. The first-order valence-electron chi connectivity index (χ1n) is 9.13. The number of likely N-dealkylation sites (tertiary alicyclic amines) is 2. The maximum atomic E-state index is 12.5. The minimum absolute atomic E-state index is 0.0993. The smallest absolute Gasteiger partial charge is 0.246 e. The quantitative estimate of drug-likeness (QED) is 0.789. The van der Waals surface area contributed by atoms with Gasteiger partial charge in [-0.2, -0.15) is 0 Å². The van der Waals surface area contributed by atoms with Gasteiger partial charge in [-0.05, 0) is 62.7 Å². The first-order valence-corrected chi connectivity index (χ1v) is 10.0. The lowest BCUT2D eigenvalue weighted by molar-refractivity contribution is -0.129. The van der Waals surface area contributed by atoms with Gasteiger partial charge in [0.1, 0.15) is 0 Å². The Morgan fingerprint density at radius 3 is 3.00 bits per heavy atom. The fourth-order valence-corrected chi connectivity index (χ4v) is 5.00. The Hall–Kier alpha value is -1.17. The SMILES string of the molecule is O=C(/C=C/c1cccs1)N1CC[C@@]2(C[C@H](N3CCCC3)CCO2)C1. The molecule has 3 aliphatic heterocycles. The highest BCUT2D eigenvalue weighted by Gasteiger charge is 2.45. The number of hydrogen-bond donors (Lipinski definition) is 0. The third-order valence-electron chi connectivity index (χ3n) is 5.69. The zero-order valence-corrected chi connectivity index (χ0v) is 15.0. The van der Waals surface area contributed by atoms with Crippen molar-refractivity contribution >= 4 is 23.3 Å². The van der Waals surface area contributed by atoms with E-state index in [0.717, 1.165) is 43.8 Å².